The summed E-state index contributed by atoms with van der Waals surface area (Å²) in [6.45, 7) is 13.6. The van der Waals surface area contributed by atoms with Crippen LogP contribution in [0.25, 0.3) is 22.3 Å². The van der Waals surface area contributed by atoms with Crippen LogP contribution in [-0.2, 0) is 16.3 Å². The van der Waals surface area contributed by atoms with E-state index >= 15 is 0 Å². The number of anilines is 2. The van der Waals surface area contributed by atoms with E-state index in [0.717, 1.165) is 40.0 Å². The molecule has 0 spiro atoms. The number of nitrogens with one attached hydrogen (secondary N) is 2. The molecule has 258 valence electrons. The molecule has 5 rings (SSSR count). The zero-order valence-corrected chi connectivity index (χ0v) is 28.6. The topological polar surface area (TPSA) is 67.4 Å². The lowest BCUT2D eigenvalue weighted by Crippen LogP contribution is -2.32. The van der Waals surface area contributed by atoms with Crippen LogP contribution < -0.4 is 14.8 Å². The zero-order valence-electron chi connectivity index (χ0n) is 26.9. The van der Waals surface area contributed by atoms with Crippen molar-refractivity contribution in [1.82, 2.24) is 0 Å². The van der Waals surface area contributed by atoms with Crippen molar-refractivity contribution in [2.45, 2.75) is 57.4 Å². The van der Waals surface area contributed by atoms with Gasteiger partial charge in [-0.3, -0.25) is 0 Å². The SMILES string of the molecule is C=CCSCC1=CC(C)(C)Nc2ccc(-c3ccccc3C(F)(F)F)cc21.CC1=CC(C)(C)Nc2ccc(OS(=O)(=O)C(F)(F)F)cc21. The van der Waals surface area contributed by atoms with Gasteiger partial charge in [0, 0.05) is 34.0 Å². The molecule has 0 aromatic heterocycles. The van der Waals surface area contributed by atoms with Gasteiger partial charge < -0.3 is 14.8 Å². The van der Waals surface area contributed by atoms with Crippen molar-refractivity contribution in [1.29, 1.82) is 0 Å². The summed E-state index contributed by atoms with van der Waals surface area (Å²) in [5, 5.41) is 6.64. The molecule has 0 aliphatic carbocycles. The van der Waals surface area contributed by atoms with Crippen LogP contribution in [0.5, 0.6) is 5.75 Å². The number of hydrogen-bond donors (Lipinski definition) is 2. The van der Waals surface area contributed by atoms with E-state index in [1.165, 1.54) is 30.3 Å². The number of benzene rings is 3. The van der Waals surface area contributed by atoms with E-state index in [0.29, 0.717) is 16.8 Å². The van der Waals surface area contributed by atoms with E-state index in [1.807, 2.05) is 38.1 Å². The van der Waals surface area contributed by atoms with Crippen LogP contribution in [-0.4, -0.2) is 36.5 Å². The third kappa shape index (κ3) is 8.79. The summed E-state index contributed by atoms with van der Waals surface area (Å²) in [6.07, 6.45) is 1.53. The number of rotatable bonds is 7. The molecule has 0 bridgehead atoms. The fourth-order valence-electron chi connectivity index (χ4n) is 5.52. The predicted molar refractivity (Wildman–Crippen MR) is 183 cm³/mol. The number of fused-ring (bicyclic) bond motifs is 2. The number of thioether (sulfide) groups is 1. The molecule has 2 N–H and O–H groups in total. The minimum Gasteiger partial charge on any atom is -0.376 e. The minimum atomic E-state index is -5.66. The lowest BCUT2D eigenvalue weighted by Gasteiger charge is -2.32. The van der Waals surface area contributed by atoms with E-state index in [1.54, 1.807) is 30.8 Å². The van der Waals surface area contributed by atoms with Crippen molar-refractivity contribution >= 4 is 44.4 Å². The standard InChI is InChI=1S/C22H22F3NS.C13H14F3NO3S/c1-4-11-27-14-16-13-21(2,3)26-20-10-9-15(12-18(16)20)17-7-5-6-8-19(17)22(23,24)25;1-8-7-12(2,3)17-11-5-4-9(6-10(8)11)20-21(18,19)13(14,15)16/h4-10,12-13,26H,1,11,14H2,2-3H3;4-7,17H,1-3H3. The van der Waals surface area contributed by atoms with Gasteiger partial charge in [0.25, 0.3) is 0 Å². The first-order valence-corrected chi connectivity index (χ1v) is 17.3. The molecule has 0 saturated heterocycles. The largest absolute Gasteiger partial charge is 0.534 e. The van der Waals surface area contributed by atoms with Gasteiger partial charge in [0.15, 0.2) is 0 Å². The Morgan fingerprint density at radius 3 is 2.06 bits per heavy atom. The third-order valence-corrected chi connectivity index (χ3v) is 9.30. The average Bonchev–Trinajstić information content (AvgIpc) is 2.95. The maximum Gasteiger partial charge on any atom is 0.534 e. The highest BCUT2D eigenvalue weighted by Crippen LogP contribution is 2.42. The molecular formula is C35H36F6N2O3S2. The predicted octanol–water partition coefficient (Wildman–Crippen LogP) is 10.4. The minimum absolute atomic E-state index is 0.204. The molecule has 3 aromatic carbocycles. The molecule has 13 heteroatoms. The fraction of sp³-hybridized carbons (Fsp3) is 0.314. The molecule has 0 unspecified atom stereocenters. The van der Waals surface area contributed by atoms with Gasteiger partial charge in [-0.25, -0.2) is 0 Å². The van der Waals surface area contributed by atoms with Crippen LogP contribution in [0.4, 0.5) is 37.7 Å². The normalized spacial score (nSPS) is 16.4. The first-order chi connectivity index (χ1) is 22.1. The van der Waals surface area contributed by atoms with Crippen molar-refractivity contribution in [2.24, 2.45) is 0 Å². The second-order valence-corrected chi connectivity index (χ2v) is 15.1. The summed E-state index contributed by atoms with van der Waals surface area (Å²) >= 11 is 1.74. The Balaban J connectivity index is 0.000000224. The van der Waals surface area contributed by atoms with Crippen LogP contribution in [0.2, 0.25) is 0 Å². The van der Waals surface area contributed by atoms with Crippen molar-refractivity contribution in [3.05, 3.63) is 102 Å². The highest BCUT2D eigenvalue weighted by atomic mass is 32.2. The highest BCUT2D eigenvalue weighted by Gasteiger charge is 2.48. The van der Waals surface area contributed by atoms with Crippen LogP contribution >= 0.6 is 11.8 Å². The van der Waals surface area contributed by atoms with E-state index in [4.69, 9.17) is 0 Å². The van der Waals surface area contributed by atoms with Crippen molar-refractivity contribution in [2.75, 3.05) is 22.1 Å². The quantitative estimate of drug-likeness (QED) is 0.0837. The Morgan fingerprint density at radius 1 is 0.833 bits per heavy atom. The molecule has 2 heterocycles. The van der Waals surface area contributed by atoms with Crippen molar-refractivity contribution < 1.29 is 38.9 Å². The third-order valence-electron chi connectivity index (χ3n) is 7.33. The molecule has 2 aliphatic heterocycles. The Morgan fingerprint density at radius 2 is 1.44 bits per heavy atom. The highest BCUT2D eigenvalue weighted by molar-refractivity contribution is 7.99. The van der Waals surface area contributed by atoms with Crippen molar-refractivity contribution in [3.8, 4) is 16.9 Å². The average molecular weight is 711 g/mol. The molecule has 3 aromatic rings. The Labute approximate surface area is 281 Å². The first-order valence-electron chi connectivity index (χ1n) is 14.7. The van der Waals surface area contributed by atoms with Gasteiger partial charge >= 0.3 is 21.8 Å². The van der Waals surface area contributed by atoms with Crippen molar-refractivity contribution in [3.63, 3.8) is 0 Å². The van der Waals surface area contributed by atoms with Gasteiger partial charge in [0.05, 0.1) is 16.6 Å². The molecule has 0 fully saturated rings. The molecule has 0 atom stereocenters. The lowest BCUT2D eigenvalue weighted by molar-refractivity contribution is -0.137. The molecule has 5 nitrogen and oxygen atoms in total. The van der Waals surface area contributed by atoms with Crippen LogP contribution in [0.15, 0.2) is 85.5 Å². The Hall–Kier alpha value is -3.84. The molecule has 48 heavy (non-hydrogen) atoms. The second-order valence-electron chi connectivity index (χ2n) is 12.5. The smallest absolute Gasteiger partial charge is 0.376 e. The Bertz CT molecular complexity index is 1860. The van der Waals surface area contributed by atoms with Crippen LogP contribution in [0.3, 0.4) is 0 Å². The number of alkyl halides is 6. The summed E-state index contributed by atoms with van der Waals surface area (Å²) in [6, 6.07) is 15.2. The molecule has 2 aliphatic rings. The summed E-state index contributed by atoms with van der Waals surface area (Å²) < 4.78 is 103. The summed E-state index contributed by atoms with van der Waals surface area (Å²) in [4.78, 5) is 0. The van der Waals surface area contributed by atoms with Gasteiger partial charge in [-0.2, -0.15) is 46.5 Å². The second kappa shape index (κ2) is 13.6. The summed E-state index contributed by atoms with van der Waals surface area (Å²) in [5.74, 6) is 1.24. The molecular weight excluding hydrogens is 675 g/mol. The van der Waals surface area contributed by atoms with Crippen LogP contribution in [0, 0.1) is 0 Å². The zero-order chi connectivity index (χ0) is 35.7. The van der Waals surface area contributed by atoms with Crippen LogP contribution in [0.1, 0.15) is 51.3 Å². The molecule has 0 saturated carbocycles. The van der Waals surface area contributed by atoms with E-state index < -0.39 is 27.4 Å². The molecule has 0 radical (unpaired) electrons. The number of halogens is 6. The van der Waals surface area contributed by atoms with Gasteiger partial charge in [0.2, 0.25) is 0 Å². The maximum absolute atomic E-state index is 13.4. The van der Waals surface area contributed by atoms with Gasteiger partial charge in [-0.15, -0.1) is 6.58 Å². The fourth-order valence-corrected chi connectivity index (χ4v) is 6.72. The summed E-state index contributed by atoms with van der Waals surface area (Å²) in [7, 11) is -5.66. The summed E-state index contributed by atoms with van der Waals surface area (Å²) in [5.41, 5.74) is -0.616. The van der Waals surface area contributed by atoms with E-state index in [9.17, 15) is 34.8 Å². The maximum atomic E-state index is 13.4. The van der Waals surface area contributed by atoms with E-state index in [2.05, 4.69) is 41.3 Å². The number of allylic oxidation sites excluding steroid dienone is 1. The van der Waals surface area contributed by atoms with Gasteiger partial charge in [-0.1, -0.05) is 42.5 Å². The monoisotopic (exact) mass is 710 g/mol. The Kier molecular flexibility index (Phi) is 10.5. The first kappa shape index (κ1) is 37.0. The van der Waals surface area contributed by atoms with Gasteiger partial charge in [0.1, 0.15) is 5.75 Å². The lowest BCUT2D eigenvalue weighted by atomic mass is 9.88. The van der Waals surface area contributed by atoms with E-state index in [-0.39, 0.29) is 22.4 Å². The molecule has 0 amide bonds. The number of hydrogen-bond acceptors (Lipinski definition) is 6. The van der Waals surface area contributed by atoms with Gasteiger partial charge in [-0.05, 0) is 93.3 Å².